The highest BCUT2D eigenvalue weighted by molar-refractivity contribution is 7.90. The van der Waals surface area contributed by atoms with Gasteiger partial charge in [0, 0.05) is 11.6 Å². The molecule has 0 aliphatic rings. The van der Waals surface area contributed by atoms with Gasteiger partial charge in [-0.3, -0.25) is 4.79 Å². The number of fused-ring (bicyclic) bond motifs is 1. The van der Waals surface area contributed by atoms with Gasteiger partial charge in [0.2, 0.25) is 5.91 Å². The summed E-state index contributed by atoms with van der Waals surface area (Å²) in [6, 6.07) is 10.3. The summed E-state index contributed by atoms with van der Waals surface area (Å²) in [4.78, 5) is 12.1. The molecule has 3 aromatic rings. The predicted molar refractivity (Wildman–Crippen MR) is 85.9 cm³/mol. The molecule has 0 radical (unpaired) electrons. The molecule has 0 atom stereocenters. The molecule has 0 aliphatic carbocycles. The minimum absolute atomic E-state index is 0.0777. The highest BCUT2D eigenvalue weighted by atomic mass is 32.2. The Labute approximate surface area is 137 Å². The van der Waals surface area contributed by atoms with E-state index >= 15 is 0 Å². The maximum atomic E-state index is 13.8. The summed E-state index contributed by atoms with van der Waals surface area (Å²) in [7, 11) is -3.50. The molecule has 0 saturated heterocycles. The minimum atomic E-state index is -3.50. The highest BCUT2D eigenvalue weighted by Crippen LogP contribution is 2.21. The van der Waals surface area contributed by atoms with Crippen molar-refractivity contribution in [1.29, 1.82) is 0 Å². The van der Waals surface area contributed by atoms with E-state index in [1.807, 2.05) is 0 Å². The molecular formula is C16H13FN2O4S. The van der Waals surface area contributed by atoms with Gasteiger partial charge < -0.3 is 9.84 Å². The number of nitrogens with one attached hydrogen (secondary N) is 1. The van der Waals surface area contributed by atoms with Crippen molar-refractivity contribution in [2.24, 2.45) is 0 Å². The first-order valence-corrected chi connectivity index (χ1v) is 8.86. The molecule has 0 aliphatic heterocycles. The number of aromatic nitrogens is 1. The molecule has 0 bridgehead atoms. The smallest absolute Gasteiger partial charge is 0.230 e. The monoisotopic (exact) mass is 348 g/mol. The number of hydrogen-bond acceptors (Lipinski definition) is 5. The van der Waals surface area contributed by atoms with Gasteiger partial charge in [0.1, 0.15) is 11.5 Å². The zero-order chi connectivity index (χ0) is 17.3. The van der Waals surface area contributed by atoms with Gasteiger partial charge >= 0.3 is 0 Å². The standard InChI is InChI=1S/C16H13FN2O4S/c1-24(21,22)10-6-7-12(17)14(8-10)18-16(20)9-13-11-4-2-3-5-15(11)23-19-13/h2-8H,9H2,1H3,(H,18,20). The molecule has 2 aromatic carbocycles. The lowest BCUT2D eigenvalue weighted by molar-refractivity contribution is -0.115. The van der Waals surface area contributed by atoms with Gasteiger partial charge in [-0.2, -0.15) is 0 Å². The third kappa shape index (κ3) is 3.28. The fourth-order valence-electron chi connectivity index (χ4n) is 2.24. The van der Waals surface area contributed by atoms with Crippen molar-refractivity contribution in [2.75, 3.05) is 11.6 Å². The van der Waals surface area contributed by atoms with Crippen LogP contribution in [0, 0.1) is 5.82 Å². The van der Waals surface area contributed by atoms with E-state index in [0.29, 0.717) is 16.7 Å². The second-order valence-corrected chi connectivity index (χ2v) is 7.28. The minimum Gasteiger partial charge on any atom is -0.356 e. The maximum Gasteiger partial charge on any atom is 0.230 e. The molecule has 24 heavy (non-hydrogen) atoms. The zero-order valence-electron chi connectivity index (χ0n) is 12.6. The van der Waals surface area contributed by atoms with Crippen LogP contribution in [0.5, 0.6) is 0 Å². The number of para-hydroxylation sites is 1. The van der Waals surface area contributed by atoms with Crippen LogP contribution in [0.15, 0.2) is 51.9 Å². The number of carbonyl (C=O) groups excluding carboxylic acids is 1. The van der Waals surface area contributed by atoms with E-state index in [4.69, 9.17) is 4.52 Å². The summed E-state index contributed by atoms with van der Waals surface area (Å²) in [5.74, 6) is -1.25. The van der Waals surface area contributed by atoms with E-state index in [-0.39, 0.29) is 17.0 Å². The van der Waals surface area contributed by atoms with E-state index in [0.717, 1.165) is 24.5 Å². The molecule has 0 spiro atoms. The maximum absolute atomic E-state index is 13.8. The van der Waals surface area contributed by atoms with Crippen LogP contribution in [0.2, 0.25) is 0 Å². The number of carbonyl (C=O) groups is 1. The summed E-state index contributed by atoms with van der Waals surface area (Å²) in [5.41, 5.74) is 0.768. The summed E-state index contributed by atoms with van der Waals surface area (Å²) in [6.45, 7) is 0. The molecule has 1 aromatic heterocycles. The van der Waals surface area contributed by atoms with Crippen LogP contribution in [-0.4, -0.2) is 25.7 Å². The van der Waals surface area contributed by atoms with Crippen LogP contribution in [0.3, 0.4) is 0 Å². The number of sulfone groups is 1. The second-order valence-electron chi connectivity index (χ2n) is 5.26. The Morgan fingerprint density at radius 1 is 1.25 bits per heavy atom. The largest absolute Gasteiger partial charge is 0.356 e. The Bertz CT molecular complexity index is 1030. The number of hydrogen-bond donors (Lipinski definition) is 1. The average Bonchev–Trinajstić information content (AvgIpc) is 2.91. The van der Waals surface area contributed by atoms with Crippen molar-refractivity contribution in [3.8, 4) is 0 Å². The van der Waals surface area contributed by atoms with Gasteiger partial charge in [-0.25, -0.2) is 12.8 Å². The Morgan fingerprint density at radius 3 is 2.75 bits per heavy atom. The Hall–Kier alpha value is -2.74. The first kappa shape index (κ1) is 16.1. The number of amides is 1. The molecular weight excluding hydrogens is 335 g/mol. The Balaban J connectivity index is 1.82. The van der Waals surface area contributed by atoms with Crippen LogP contribution < -0.4 is 5.32 Å². The van der Waals surface area contributed by atoms with E-state index < -0.39 is 21.6 Å². The molecule has 3 rings (SSSR count). The van der Waals surface area contributed by atoms with Crippen LogP contribution in [-0.2, 0) is 21.1 Å². The lowest BCUT2D eigenvalue weighted by Crippen LogP contribution is -2.16. The van der Waals surface area contributed by atoms with Gasteiger partial charge in [-0.05, 0) is 30.3 Å². The van der Waals surface area contributed by atoms with E-state index in [1.165, 1.54) is 0 Å². The predicted octanol–water partition coefficient (Wildman–Crippen LogP) is 2.55. The first-order chi connectivity index (χ1) is 11.3. The summed E-state index contributed by atoms with van der Waals surface area (Å²) in [5, 5.41) is 6.89. The van der Waals surface area contributed by atoms with Crippen molar-refractivity contribution in [1.82, 2.24) is 5.16 Å². The molecule has 6 nitrogen and oxygen atoms in total. The first-order valence-electron chi connectivity index (χ1n) is 6.97. The van der Waals surface area contributed by atoms with Gasteiger partial charge in [0.25, 0.3) is 0 Å². The number of halogens is 1. The van der Waals surface area contributed by atoms with E-state index in [1.54, 1.807) is 24.3 Å². The molecule has 124 valence electrons. The summed E-state index contributed by atoms with van der Waals surface area (Å²) in [6.07, 6.45) is 0.882. The van der Waals surface area contributed by atoms with Crippen LogP contribution in [0.4, 0.5) is 10.1 Å². The molecule has 1 heterocycles. The summed E-state index contributed by atoms with van der Waals surface area (Å²) < 4.78 is 42.0. The Morgan fingerprint density at radius 2 is 2.00 bits per heavy atom. The fraction of sp³-hybridized carbons (Fsp3) is 0.125. The fourth-order valence-corrected chi connectivity index (χ4v) is 2.89. The third-order valence-corrected chi connectivity index (χ3v) is 4.53. The Kier molecular flexibility index (Phi) is 4.06. The lowest BCUT2D eigenvalue weighted by Gasteiger charge is -2.07. The molecule has 1 amide bonds. The van der Waals surface area contributed by atoms with Crippen molar-refractivity contribution in [3.63, 3.8) is 0 Å². The normalized spacial score (nSPS) is 11.6. The lowest BCUT2D eigenvalue weighted by atomic mass is 10.1. The van der Waals surface area contributed by atoms with E-state index in [2.05, 4.69) is 10.5 Å². The highest BCUT2D eigenvalue weighted by Gasteiger charge is 2.16. The van der Waals surface area contributed by atoms with Crippen LogP contribution >= 0.6 is 0 Å². The third-order valence-electron chi connectivity index (χ3n) is 3.42. The van der Waals surface area contributed by atoms with Gasteiger partial charge in [0.15, 0.2) is 15.4 Å². The molecule has 0 saturated carbocycles. The number of anilines is 1. The van der Waals surface area contributed by atoms with Crippen LogP contribution in [0.1, 0.15) is 5.69 Å². The van der Waals surface area contributed by atoms with Crippen molar-refractivity contribution in [3.05, 3.63) is 54.0 Å². The number of rotatable bonds is 4. The van der Waals surface area contributed by atoms with Crippen LogP contribution in [0.25, 0.3) is 11.0 Å². The van der Waals surface area contributed by atoms with Crippen molar-refractivity contribution < 1.29 is 22.1 Å². The zero-order valence-corrected chi connectivity index (χ0v) is 13.4. The molecule has 1 N–H and O–H groups in total. The topological polar surface area (TPSA) is 89.3 Å². The number of benzene rings is 2. The molecule has 0 unspecified atom stereocenters. The van der Waals surface area contributed by atoms with Gasteiger partial charge in [-0.15, -0.1) is 0 Å². The van der Waals surface area contributed by atoms with Gasteiger partial charge in [-0.1, -0.05) is 17.3 Å². The van der Waals surface area contributed by atoms with E-state index in [9.17, 15) is 17.6 Å². The van der Waals surface area contributed by atoms with Crippen molar-refractivity contribution in [2.45, 2.75) is 11.3 Å². The SMILES string of the molecule is CS(=O)(=O)c1ccc(F)c(NC(=O)Cc2noc3ccccc23)c1. The van der Waals surface area contributed by atoms with Gasteiger partial charge in [0.05, 0.1) is 17.0 Å². The molecule has 8 heteroatoms. The average molecular weight is 348 g/mol. The molecule has 0 fully saturated rings. The quantitative estimate of drug-likeness (QED) is 0.732. The summed E-state index contributed by atoms with van der Waals surface area (Å²) >= 11 is 0. The second kappa shape index (κ2) is 6.04. The number of nitrogens with zero attached hydrogens (tertiary/aromatic N) is 1. The van der Waals surface area contributed by atoms with Crippen molar-refractivity contribution >= 4 is 32.4 Å².